The molecule has 0 amide bonds. The zero-order valence-corrected chi connectivity index (χ0v) is 12.3. The first-order valence-corrected chi connectivity index (χ1v) is 6.73. The summed E-state index contributed by atoms with van der Waals surface area (Å²) >= 11 is 0. The van der Waals surface area contributed by atoms with Crippen LogP contribution in [0.15, 0.2) is 12.4 Å². The zero-order valence-electron chi connectivity index (χ0n) is 12.3. The molecule has 1 rings (SSSR count). The summed E-state index contributed by atoms with van der Waals surface area (Å²) in [5.74, 6) is 0. The van der Waals surface area contributed by atoms with Crippen molar-refractivity contribution in [3.05, 3.63) is 23.8 Å². The molecule has 0 aliphatic rings. The molecule has 0 bridgehead atoms. The largest absolute Gasteiger partial charge is 0.309 e. The Balaban J connectivity index is 2.30. The van der Waals surface area contributed by atoms with E-state index in [0.29, 0.717) is 6.04 Å². The molecule has 0 saturated heterocycles. The van der Waals surface area contributed by atoms with E-state index in [2.05, 4.69) is 48.0 Å². The SMILES string of the molecule is Cc1nccnc1C(C)NCCCN(C)C(C)C. The molecule has 1 aromatic heterocycles. The Labute approximate surface area is 111 Å². The van der Waals surface area contributed by atoms with E-state index in [4.69, 9.17) is 0 Å². The van der Waals surface area contributed by atoms with Crippen LogP contribution in [-0.4, -0.2) is 41.0 Å². The highest BCUT2D eigenvalue weighted by Gasteiger charge is 2.09. The number of hydrogen-bond donors (Lipinski definition) is 1. The second kappa shape index (κ2) is 7.44. The lowest BCUT2D eigenvalue weighted by atomic mass is 10.2. The van der Waals surface area contributed by atoms with Gasteiger partial charge < -0.3 is 10.2 Å². The van der Waals surface area contributed by atoms with Gasteiger partial charge in [0.1, 0.15) is 0 Å². The van der Waals surface area contributed by atoms with E-state index in [0.717, 1.165) is 30.9 Å². The molecule has 0 aliphatic carbocycles. The lowest BCUT2D eigenvalue weighted by Gasteiger charge is -2.21. The molecule has 1 N–H and O–H groups in total. The fraction of sp³-hybridized carbons (Fsp3) is 0.714. The van der Waals surface area contributed by atoms with E-state index in [1.165, 1.54) is 0 Å². The monoisotopic (exact) mass is 250 g/mol. The smallest absolute Gasteiger partial charge is 0.0782 e. The van der Waals surface area contributed by atoms with Gasteiger partial charge in [0.2, 0.25) is 0 Å². The molecule has 4 nitrogen and oxygen atoms in total. The molecule has 0 aliphatic heterocycles. The van der Waals surface area contributed by atoms with Gasteiger partial charge in [-0.1, -0.05) is 0 Å². The van der Waals surface area contributed by atoms with Gasteiger partial charge in [0.25, 0.3) is 0 Å². The van der Waals surface area contributed by atoms with Crippen molar-refractivity contribution >= 4 is 0 Å². The maximum atomic E-state index is 4.38. The van der Waals surface area contributed by atoms with E-state index in [1.807, 2.05) is 6.92 Å². The molecule has 0 saturated carbocycles. The Morgan fingerprint density at radius 1 is 1.22 bits per heavy atom. The predicted octanol–water partition coefficient (Wildman–Crippen LogP) is 2.17. The van der Waals surface area contributed by atoms with Crippen molar-refractivity contribution < 1.29 is 0 Å². The van der Waals surface area contributed by atoms with Gasteiger partial charge in [-0.3, -0.25) is 9.97 Å². The van der Waals surface area contributed by atoms with Gasteiger partial charge in [0, 0.05) is 24.5 Å². The summed E-state index contributed by atoms with van der Waals surface area (Å²) in [6.07, 6.45) is 4.65. The molecule has 4 heteroatoms. The van der Waals surface area contributed by atoms with Crippen molar-refractivity contribution in [3.63, 3.8) is 0 Å². The van der Waals surface area contributed by atoms with Gasteiger partial charge in [0.05, 0.1) is 11.4 Å². The molecule has 0 fully saturated rings. The summed E-state index contributed by atoms with van der Waals surface area (Å²) in [7, 11) is 2.17. The molecule has 1 atom stereocenters. The highest BCUT2D eigenvalue weighted by atomic mass is 15.1. The Hall–Kier alpha value is -1.00. The highest BCUT2D eigenvalue weighted by molar-refractivity contribution is 5.12. The Kier molecular flexibility index (Phi) is 6.22. The summed E-state index contributed by atoms with van der Waals surface area (Å²) in [5, 5.41) is 3.50. The minimum atomic E-state index is 0.267. The third-order valence-corrected chi connectivity index (χ3v) is 3.35. The van der Waals surface area contributed by atoms with Crippen molar-refractivity contribution in [1.29, 1.82) is 0 Å². The van der Waals surface area contributed by atoms with Crippen LogP contribution in [0.3, 0.4) is 0 Å². The third-order valence-electron chi connectivity index (χ3n) is 3.35. The van der Waals surface area contributed by atoms with Crippen LogP contribution in [0.1, 0.15) is 44.6 Å². The fourth-order valence-corrected chi connectivity index (χ4v) is 1.85. The molecule has 1 heterocycles. The molecule has 102 valence electrons. The molecule has 18 heavy (non-hydrogen) atoms. The highest BCUT2D eigenvalue weighted by Crippen LogP contribution is 2.11. The molecule has 0 radical (unpaired) electrons. The number of hydrogen-bond acceptors (Lipinski definition) is 4. The first-order chi connectivity index (χ1) is 8.52. The maximum absolute atomic E-state index is 4.38. The summed E-state index contributed by atoms with van der Waals surface area (Å²) < 4.78 is 0. The fourth-order valence-electron chi connectivity index (χ4n) is 1.85. The summed E-state index contributed by atoms with van der Waals surface area (Å²) in [6.45, 7) is 10.7. The summed E-state index contributed by atoms with van der Waals surface area (Å²) in [6, 6.07) is 0.882. The summed E-state index contributed by atoms with van der Waals surface area (Å²) in [5.41, 5.74) is 2.06. The lowest BCUT2D eigenvalue weighted by molar-refractivity contribution is 0.268. The van der Waals surface area contributed by atoms with E-state index in [-0.39, 0.29) is 6.04 Å². The van der Waals surface area contributed by atoms with Crippen molar-refractivity contribution in [3.8, 4) is 0 Å². The number of aromatic nitrogens is 2. The van der Waals surface area contributed by atoms with Gasteiger partial charge in [0.15, 0.2) is 0 Å². The van der Waals surface area contributed by atoms with Crippen molar-refractivity contribution in [2.24, 2.45) is 0 Å². The Bertz CT molecular complexity index is 351. The van der Waals surface area contributed by atoms with Gasteiger partial charge >= 0.3 is 0 Å². The van der Waals surface area contributed by atoms with Crippen LogP contribution in [0.5, 0.6) is 0 Å². The Morgan fingerprint density at radius 3 is 2.50 bits per heavy atom. The molecule has 1 aromatic rings. The normalized spacial score (nSPS) is 13.3. The minimum absolute atomic E-state index is 0.267. The van der Waals surface area contributed by atoms with Crippen molar-refractivity contribution in [2.75, 3.05) is 20.1 Å². The van der Waals surface area contributed by atoms with Gasteiger partial charge in [-0.05, 0) is 54.3 Å². The van der Waals surface area contributed by atoms with E-state index in [1.54, 1.807) is 12.4 Å². The van der Waals surface area contributed by atoms with Crippen LogP contribution < -0.4 is 5.32 Å². The van der Waals surface area contributed by atoms with Crippen LogP contribution in [0.4, 0.5) is 0 Å². The van der Waals surface area contributed by atoms with Crippen LogP contribution in [0.25, 0.3) is 0 Å². The minimum Gasteiger partial charge on any atom is -0.309 e. The molecular weight excluding hydrogens is 224 g/mol. The second-order valence-electron chi connectivity index (χ2n) is 5.13. The van der Waals surface area contributed by atoms with Gasteiger partial charge in [-0.15, -0.1) is 0 Å². The first kappa shape index (κ1) is 15.1. The van der Waals surface area contributed by atoms with Crippen LogP contribution >= 0.6 is 0 Å². The molecule has 1 unspecified atom stereocenters. The average molecular weight is 250 g/mol. The zero-order chi connectivity index (χ0) is 13.5. The van der Waals surface area contributed by atoms with Crippen molar-refractivity contribution in [2.45, 2.75) is 46.2 Å². The lowest BCUT2D eigenvalue weighted by Crippen LogP contribution is -2.30. The maximum Gasteiger partial charge on any atom is 0.0782 e. The van der Waals surface area contributed by atoms with E-state index in [9.17, 15) is 0 Å². The second-order valence-corrected chi connectivity index (χ2v) is 5.13. The topological polar surface area (TPSA) is 41.1 Å². The van der Waals surface area contributed by atoms with Crippen LogP contribution in [-0.2, 0) is 0 Å². The van der Waals surface area contributed by atoms with E-state index < -0.39 is 0 Å². The Morgan fingerprint density at radius 2 is 1.89 bits per heavy atom. The summed E-state index contributed by atoms with van der Waals surface area (Å²) in [4.78, 5) is 11.0. The molecule has 0 aromatic carbocycles. The van der Waals surface area contributed by atoms with Gasteiger partial charge in [-0.2, -0.15) is 0 Å². The quantitative estimate of drug-likeness (QED) is 0.753. The van der Waals surface area contributed by atoms with Gasteiger partial charge in [-0.25, -0.2) is 0 Å². The van der Waals surface area contributed by atoms with Crippen LogP contribution in [0, 0.1) is 6.92 Å². The number of nitrogens with zero attached hydrogens (tertiary/aromatic N) is 3. The van der Waals surface area contributed by atoms with E-state index >= 15 is 0 Å². The standard InChI is InChI=1S/C14H26N4/c1-11(2)18(5)10-6-7-15-12(3)14-13(4)16-8-9-17-14/h8-9,11-12,15H,6-7,10H2,1-5H3. The number of rotatable bonds is 7. The molecular formula is C14H26N4. The third kappa shape index (κ3) is 4.70. The molecule has 0 spiro atoms. The predicted molar refractivity (Wildman–Crippen MR) is 75.6 cm³/mol. The van der Waals surface area contributed by atoms with Crippen LogP contribution in [0.2, 0.25) is 0 Å². The van der Waals surface area contributed by atoms with Crippen molar-refractivity contribution in [1.82, 2.24) is 20.2 Å². The number of aryl methyl sites for hydroxylation is 1. The average Bonchev–Trinajstić information content (AvgIpc) is 2.34. The first-order valence-electron chi connectivity index (χ1n) is 6.73. The number of nitrogens with one attached hydrogen (secondary N) is 1.